The first-order valence-electron chi connectivity index (χ1n) is 7.13. The molecule has 0 atom stereocenters. The smallest absolute Gasteiger partial charge is 0.255 e. The third kappa shape index (κ3) is 3.48. The van der Waals surface area contributed by atoms with Gasteiger partial charge in [0.15, 0.2) is 0 Å². The van der Waals surface area contributed by atoms with E-state index < -0.39 is 11.7 Å². The van der Waals surface area contributed by atoms with E-state index in [2.05, 4.69) is 5.32 Å². The number of benzene rings is 2. The van der Waals surface area contributed by atoms with Crippen LogP contribution in [0.5, 0.6) is 0 Å². The second-order valence-corrected chi connectivity index (χ2v) is 5.49. The molecule has 2 N–H and O–H groups in total. The Kier molecular flexibility index (Phi) is 4.64. The lowest BCUT2D eigenvalue weighted by Crippen LogP contribution is -2.12. The van der Waals surface area contributed by atoms with Gasteiger partial charge in [-0.2, -0.15) is 0 Å². The summed E-state index contributed by atoms with van der Waals surface area (Å²) in [7, 11) is 0. The van der Waals surface area contributed by atoms with E-state index in [1.54, 1.807) is 30.3 Å². The molecule has 1 aromatic heterocycles. The zero-order valence-electron chi connectivity index (χ0n) is 12.4. The summed E-state index contributed by atoms with van der Waals surface area (Å²) in [4.78, 5) is 12.2. The topological polar surface area (TPSA) is 62.5 Å². The summed E-state index contributed by atoms with van der Waals surface area (Å²) in [5.41, 5.74) is 1.28. The van der Waals surface area contributed by atoms with Gasteiger partial charge in [-0.05, 0) is 48.5 Å². The first-order chi connectivity index (χ1) is 11.6. The number of nitrogens with one attached hydrogen (secondary N) is 1. The third-order valence-electron chi connectivity index (χ3n) is 3.39. The van der Waals surface area contributed by atoms with Crippen LogP contribution in [0.2, 0.25) is 5.02 Å². The number of hydrogen-bond acceptors (Lipinski definition) is 3. The second-order valence-electron chi connectivity index (χ2n) is 5.08. The lowest BCUT2D eigenvalue weighted by Gasteiger charge is -2.08. The lowest BCUT2D eigenvalue weighted by atomic mass is 10.1. The predicted octanol–water partition coefficient (Wildman–Crippen LogP) is 4.48. The van der Waals surface area contributed by atoms with Crippen molar-refractivity contribution in [3.63, 3.8) is 0 Å². The first kappa shape index (κ1) is 16.2. The van der Waals surface area contributed by atoms with E-state index in [1.165, 1.54) is 18.2 Å². The summed E-state index contributed by atoms with van der Waals surface area (Å²) < 4.78 is 18.7. The zero-order chi connectivity index (χ0) is 17.1. The molecule has 0 saturated heterocycles. The predicted molar refractivity (Wildman–Crippen MR) is 89.4 cm³/mol. The van der Waals surface area contributed by atoms with E-state index in [0.717, 1.165) is 6.07 Å². The molecule has 0 unspecified atom stereocenters. The number of carbonyl (C=O) groups is 1. The fraction of sp³-hybridized carbons (Fsp3) is 0.0556. The summed E-state index contributed by atoms with van der Waals surface area (Å²) in [5.74, 6) is -0.0222. The van der Waals surface area contributed by atoms with E-state index >= 15 is 0 Å². The van der Waals surface area contributed by atoms with Crippen molar-refractivity contribution in [3.05, 3.63) is 76.8 Å². The highest BCUT2D eigenvalue weighted by Gasteiger charge is 2.12. The Labute approximate surface area is 142 Å². The maximum atomic E-state index is 13.2. The summed E-state index contributed by atoms with van der Waals surface area (Å²) in [5, 5.41) is 12.2. The molecule has 3 aromatic rings. The molecule has 0 radical (unpaired) electrons. The Morgan fingerprint density at radius 2 is 2.00 bits per heavy atom. The molecule has 24 heavy (non-hydrogen) atoms. The van der Waals surface area contributed by atoms with Crippen molar-refractivity contribution in [2.75, 3.05) is 5.32 Å². The van der Waals surface area contributed by atoms with E-state index in [9.17, 15) is 9.18 Å². The average molecular weight is 346 g/mol. The van der Waals surface area contributed by atoms with Crippen molar-refractivity contribution in [2.24, 2.45) is 0 Å². The number of rotatable bonds is 4. The Morgan fingerprint density at radius 3 is 2.71 bits per heavy atom. The van der Waals surface area contributed by atoms with Gasteiger partial charge in [0, 0.05) is 16.8 Å². The largest absolute Gasteiger partial charge is 0.459 e. The van der Waals surface area contributed by atoms with Gasteiger partial charge in [0.2, 0.25) is 0 Å². The van der Waals surface area contributed by atoms with E-state index in [-0.39, 0.29) is 12.2 Å². The number of halogens is 2. The minimum atomic E-state index is -0.480. The molecule has 6 heteroatoms. The normalized spacial score (nSPS) is 10.6. The molecule has 4 nitrogen and oxygen atoms in total. The van der Waals surface area contributed by atoms with Gasteiger partial charge in [0.25, 0.3) is 5.91 Å². The Hall–Kier alpha value is -2.63. The molecule has 0 aliphatic rings. The standard InChI is InChI=1S/C18H13ClFNO3/c19-16-6-4-13(9-15(16)17-7-5-14(10-22)24-17)21-18(23)11-2-1-3-12(20)8-11/h1-9,22H,10H2,(H,21,23). The monoisotopic (exact) mass is 345 g/mol. The van der Waals surface area contributed by atoms with Crippen LogP contribution in [-0.4, -0.2) is 11.0 Å². The van der Waals surface area contributed by atoms with Crippen LogP contribution in [0.1, 0.15) is 16.1 Å². The van der Waals surface area contributed by atoms with E-state index in [4.69, 9.17) is 21.1 Å². The number of aliphatic hydroxyl groups excluding tert-OH is 1. The fourth-order valence-electron chi connectivity index (χ4n) is 2.23. The zero-order valence-corrected chi connectivity index (χ0v) is 13.2. The molecular weight excluding hydrogens is 333 g/mol. The van der Waals surface area contributed by atoms with Gasteiger partial charge in [0.1, 0.15) is 23.9 Å². The second kappa shape index (κ2) is 6.86. The van der Waals surface area contributed by atoms with Crippen LogP contribution in [0.25, 0.3) is 11.3 Å². The molecule has 0 spiro atoms. The Bertz CT molecular complexity index is 891. The molecule has 0 saturated carbocycles. The fourth-order valence-corrected chi connectivity index (χ4v) is 2.44. The number of aliphatic hydroxyl groups is 1. The summed E-state index contributed by atoms with van der Waals surface area (Å²) >= 11 is 6.17. The SMILES string of the molecule is O=C(Nc1ccc(Cl)c(-c2ccc(CO)o2)c1)c1cccc(F)c1. The molecule has 3 rings (SSSR count). The number of amides is 1. The molecule has 0 fully saturated rings. The molecule has 0 bridgehead atoms. The summed E-state index contributed by atoms with van der Waals surface area (Å²) in [6.45, 7) is -0.215. The van der Waals surface area contributed by atoms with Crippen molar-refractivity contribution < 1.29 is 18.7 Å². The molecule has 1 heterocycles. The third-order valence-corrected chi connectivity index (χ3v) is 3.72. The Balaban J connectivity index is 1.87. The number of anilines is 1. The lowest BCUT2D eigenvalue weighted by molar-refractivity contribution is 0.102. The molecular formula is C18H13ClFNO3. The molecule has 0 aliphatic carbocycles. The van der Waals surface area contributed by atoms with Crippen molar-refractivity contribution in [1.29, 1.82) is 0 Å². The number of carbonyl (C=O) groups excluding carboxylic acids is 1. The molecule has 2 aromatic carbocycles. The molecule has 122 valence electrons. The van der Waals surface area contributed by atoms with Crippen molar-refractivity contribution in [1.82, 2.24) is 0 Å². The maximum Gasteiger partial charge on any atom is 0.255 e. The molecule has 0 aliphatic heterocycles. The van der Waals surface area contributed by atoms with Crippen molar-refractivity contribution in [3.8, 4) is 11.3 Å². The summed E-state index contributed by atoms with van der Waals surface area (Å²) in [6.07, 6.45) is 0. The first-order valence-corrected chi connectivity index (χ1v) is 7.51. The van der Waals surface area contributed by atoms with Gasteiger partial charge in [-0.15, -0.1) is 0 Å². The van der Waals surface area contributed by atoms with Crippen LogP contribution in [0.15, 0.2) is 59.0 Å². The van der Waals surface area contributed by atoms with Gasteiger partial charge in [0.05, 0.1) is 5.02 Å². The van der Waals surface area contributed by atoms with Crippen LogP contribution in [-0.2, 0) is 6.61 Å². The van der Waals surface area contributed by atoms with Crippen LogP contribution in [0.4, 0.5) is 10.1 Å². The van der Waals surface area contributed by atoms with Crippen LogP contribution in [0.3, 0.4) is 0 Å². The van der Waals surface area contributed by atoms with Crippen LogP contribution in [0, 0.1) is 5.82 Å². The Morgan fingerprint density at radius 1 is 1.17 bits per heavy atom. The number of furan rings is 1. The minimum Gasteiger partial charge on any atom is -0.459 e. The summed E-state index contributed by atoms with van der Waals surface area (Å²) in [6, 6.07) is 13.7. The van der Waals surface area contributed by atoms with Gasteiger partial charge < -0.3 is 14.8 Å². The highest BCUT2D eigenvalue weighted by molar-refractivity contribution is 6.33. The highest BCUT2D eigenvalue weighted by atomic mass is 35.5. The van der Waals surface area contributed by atoms with Crippen LogP contribution < -0.4 is 5.32 Å². The number of hydrogen-bond donors (Lipinski definition) is 2. The quantitative estimate of drug-likeness (QED) is 0.732. The van der Waals surface area contributed by atoms with E-state index in [1.807, 2.05) is 0 Å². The average Bonchev–Trinajstić information content (AvgIpc) is 3.05. The van der Waals surface area contributed by atoms with Gasteiger partial charge in [-0.25, -0.2) is 4.39 Å². The van der Waals surface area contributed by atoms with Gasteiger partial charge in [-0.1, -0.05) is 17.7 Å². The van der Waals surface area contributed by atoms with Crippen molar-refractivity contribution >= 4 is 23.2 Å². The van der Waals surface area contributed by atoms with Gasteiger partial charge in [-0.3, -0.25) is 4.79 Å². The van der Waals surface area contributed by atoms with Gasteiger partial charge >= 0.3 is 0 Å². The highest BCUT2D eigenvalue weighted by Crippen LogP contribution is 2.32. The minimum absolute atomic E-state index is 0.215. The van der Waals surface area contributed by atoms with Crippen molar-refractivity contribution in [2.45, 2.75) is 6.61 Å². The van der Waals surface area contributed by atoms with Crippen LogP contribution >= 0.6 is 11.6 Å². The maximum absolute atomic E-state index is 13.2. The van der Waals surface area contributed by atoms with E-state index in [0.29, 0.717) is 27.8 Å². The molecule has 1 amide bonds.